The van der Waals surface area contributed by atoms with Crippen molar-refractivity contribution in [3.05, 3.63) is 48.7 Å². The third-order valence-corrected chi connectivity index (χ3v) is 17.5. The molecule has 11 atom stereocenters. The highest BCUT2D eigenvalue weighted by Gasteiger charge is 2.72. The maximum atomic E-state index is 15.4. The summed E-state index contributed by atoms with van der Waals surface area (Å²) in [6.45, 7) is 23.6. The van der Waals surface area contributed by atoms with Crippen molar-refractivity contribution in [1.29, 1.82) is 0 Å². The van der Waals surface area contributed by atoms with Gasteiger partial charge < -0.3 is 9.88 Å². The molecule has 1 aliphatic heterocycles. The average Bonchev–Trinajstić information content (AvgIpc) is 3.82. The molecule has 0 radical (unpaired) electrons. The fraction of sp³-hybridized carbons (Fsp3) is 0.744. The first-order chi connectivity index (χ1) is 22.8. The van der Waals surface area contributed by atoms with Crippen LogP contribution in [0.3, 0.4) is 0 Å². The smallest absolute Gasteiger partial charge is 0.229 e. The number of hydrogen-bond acceptors (Lipinski definition) is 3. The van der Waals surface area contributed by atoms with Crippen LogP contribution in [0.15, 0.2) is 42.9 Å². The van der Waals surface area contributed by atoms with Crippen LogP contribution in [-0.2, 0) is 4.79 Å². The normalized spacial score (nSPS) is 44.7. The van der Waals surface area contributed by atoms with E-state index in [1.807, 2.05) is 30.7 Å². The van der Waals surface area contributed by atoms with Gasteiger partial charge in [0.2, 0.25) is 5.91 Å². The Hall–Kier alpha value is -2.43. The van der Waals surface area contributed by atoms with Gasteiger partial charge in [-0.2, -0.15) is 0 Å². The van der Waals surface area contributed by atoms with E-state index in [0.29, 0.717) is 39.9 Å². The van der Waals surface area contributed by atoms with Gasteiger partial charge in [-0.15, -0.1) is 0 Å². The molecule has 3 heterocycles. The van der Waals surface area contributed by atoms with E-state index >= 15 is 4.79 Å². The van der Waals surface area contributed by atoms with Crippen molar-refractivity contribution in [3.8, 4) is 11.3 Å². The first-order valence-corrected chi connectivity index (χ1v) is 19.7. The zero-order chi connectivity index (χ0) is 33.9. The number of aromatic nitrogens is 3. The minimum absolute atomic E-state index is 0.0285. The van der Waals surface area contributed by atoms with Crippen LogP contribution >= 0.6 is 0 Å². The number of nitrogens with one attached hydrogen (secondary N) is 1. The molecule has 8 rings (SSSR count). The van der Waals surface area contributed by atoms with Gasteiger partial charge in [-0.3, -0.25) is 9.78 Å². The van der Waals surface area contributed by atoms with Gasteiger partial charge in [-0.25, -0.2) is 4.98 Å². The lowest BCUT2D eigenvalue weighted by atomic mass is 9.32. The van der Waals surface area contributed by atoms with E-state index in [0.717, 1.165) is 73.5 Å². The number of fused-ring (bicyclic) bond motifs is 7. The van der Waals surface area contributed by atoms with Crippen LogP contribution in [0.5, 0.6) is 0 Å². The van der Waals surface area contributed by atoms with Crippen LogP contribution in [0.1, 0.15) is 137 Å². The molecule has 6 aliphatic rings. The average molecular weight is 651 g/mol. The summed E-state index contributed by atoms with van der Waals surface area (Å²) in [4.78, 5) is 30.3. The number of H-pyrrole nitrogens is 1. The van der Waals surface area contributed by atoms with Gasteiger partial charge in [0, 0.05) is 24.5 Å². The molecule has 5 aliphatic carbocycles. The number of rotatable bonds is 4. The number of hydrogen-bond donors (Lipinski definition) is 1. The maximum absolute atomic E-state index is 15.4. The van der Waals surface area contributed by atoms with E-state index in [4.69, 9.17) is 4.98 Å². The lowest BCUT2D eigenvalue weighted by Gasteiger charge is -2.73. The molecule has 2 aromatic heterocycles. The molecule has 260 valence electrons. The van der Waals surface area contributed by atoms with Gasteiger partial charge in [0.1, 0.15) is 5.82 Å². The minimum Gasteiger partial charge on any atom is -0.340 e. The van der Waals surface area contributed by atoms with E-state index in [1.54, 1.807) is 0 Å². The van der Waals surface area contributed by atoms with Crippen LogP contribution in [0.25, 0.3) is 11.3 Å². The minimum atomic E-state index is -0.274. The lowest BCUT2D eigenvalue weighted by Crippen LogP contribution is -2.67. The Morgan fingerprint density at radius 1 is 0.896 bits per heavy atom. The molecule has 0 spiro atoms. The quantitative estimate of drug-likeness (QED) is 0.335. The van der Waals surface area contributed by atoms with E-state index in [-0.39, 0.29) is 16.9 Å². The Morgan fingerprint density at radius 3 is 2.42 bits per heavy atom. The highest BCUT2D eigenvalue weighted by molar-refractivity contribution is 5.84. The fourth-order valence-corrected chi connectivity index (χ4v) is 14.5. The Balaban J connectivity index is 1.12. The summed E-state index contributed by atoms with van der Waals surface area (Å²) in [5, 5.41) is 0. The number of nitrogens with zero attached hydrogens (tertiary/aromatic N) is 3. The summed E-state index contributed by atoms with van der Waals surface area (Å²) < 4.78 is 0. The van der Waals surface area contributed by atoms with Crippen molar-refractivity contribution in [1.82, 2.24) is 19.9 Å². The maximum Gasteiger partial charge on any atom is 0.229 e. The largest absolute Gasteiger partial charge is 0.340 e. The fourth-order valence-electron chi connectivity index (χ4n) is 14.5. The van der Waals surface area contributed by atoms with Crippen LogP contribution in [0.4, 0.5) is 0 Å². The number of pyridine rings is 1. The van der Waals surface area contributed by atoms with Gasteiger partial charge in [0.25, 0.3) is 0 Å². The van der Waals surface area contributed by atoms with Gasteiger partial charge in [0.05, 0.1) is 23.3 Å². The highest BCUT2D eigenvalue weighted by Crippen LogP contribution is 2.78. The number of carbonyl (C=O) groups excluding carboxylic acids is 1. The van der Waals surface area contributed by atoms with Crippen molar-refractivity contribution in [2.45, 2.75) is 132 Å². The Kier molecular flexibility index (Phi) is 7.53. The molecule has 5 heteroatoms. The van der Waals surface area contributed by atoms with Gasteiger partial charge in [-0.1, -0.05) is 53.7 Å². The number of imidazole rings is 1. The predicted octanol–water partition coefficient (Wildman–Crippen LogP) is 10.4. The number of allylic oxidation sites excluding steroid dienone is 1. The first kappa shape index (κ1) is 32.8. The van der Waals surface area contributed by atoms with Gasteiger partial charge in [-0.05, 0) is 153 Å². The second-order valence-electron chi connectivity index (χ2n) is 19.2. The Bertz CT molecular complexity index is 1580. The van der Waals surface area contributed by atoms with Crippen LogP contribution in [0, 0.1) is 62.6 Å². The first-order valence-electron chi connectivity index (χ1n) is 19.7. The number of aromatic amines is 1. The molecule has 2 aromatic rings. The molecular formula is C43H62N4O. The number of amides is 1. The zero-order valence-corrected chi connectivity index (χ0v) is 31.1. The van der Waals surface area contributed by atoms with Gasteiger partial charge in [0.15, 0.2) is 0 Å². The standard InChI is InChI=1S/C43H62N4O/c1-27(2)30-14-20-43(38(48)47-25-9-10-33(47)37-45-26-32(46-37)29-16-23-44-24-17-29)22-21-41(7)31(36(30)43)11-12-35-40(6)18-13-28(3)39(4,5)34(40)15-19-42(35,41)8/h16-17,23-24,26,28,30-31,33-36H,1,9-15,18-22,25H2,2-8H3,(H,45,46)/t28-,30-,31+,33-,34-,35+,36+,40-,41+,42+,43-/m0/s1. The molecule has 0 bridgehead atoms. The highest BCUT2D eigenvalue weighted by atomic mass is 16.2. The summed E-state index contributed by atoms with van der Waals surface area (Å²) in [5.74, 6) is 5.22. The van der Waals surface area contributed by atoms with E-state index in [9.17, 15) is 0 Å². The summed E-state index contributed by atoms with van der Waals surface area (Å²) in [7, 11) is 0. The lowest BCUT2D eigenvalue weighted by molar-refractivity contribution is -0.242. The van der Waals surface area contributed by atoms with E-state index < -0.39 is 0 Å². The Labute approximate surface area is 290 Å². The molecule has 0 aromatic carbocycles. The third-order valence-electron chi connectivity index (χ3n) is 17.5. The molecule has 5 nitrogen and oxygen atoms in total. The SMILES string of the molecule is C=C(C)[C@@H]1CC[C@]2(C(=O)N3CCC[C@H]3c3ncc(-c4ccncc4)[nH]3)CC[C@]3(C)[C@H](CC[C@@H]4[C@@]5(C)CC[C@H](C)C(C)(C)[C@@H]5CC[C@]43C)[C@@H]12. The Morgan fingerprint density at radius 2 is 1.67 bits per heavy atom. The summed E-state index contributed by atoms with van der Waals surface area (Å²) in [5.41, 5.74) is 4.55. The molecule has 1 amide bonds. The van der Waals surface area contributed by atoms with Crippen molar-refractivity contribution in [2.24, 2.45) is 62.6 Å². The van der Waals surface area contributed by atoms with Gasteiger partial charge >= 0.3 is 0 Å². The van der Waals surface area contributed by atoms with Crippen LogP contribution in [-0.4, -0.2) is 32.3 Å². The van der Waals surface area contributed by atoms with Crippen LogP contribution < -0.4 is 0 Å². The zero-order valence-electron chi connectivity index (χ0n) is 31.1. The van der Waals surface area contributed by atoms with E-state index in [1.165, 1.54) is 50.5 Å². The molecular weight excluding hydrogens is 589 g/mol. The molecule has 0 unspecified atom stereocenters. The molecule has 1 saturated heterocycles. The molecule has 5 saturated carbocycles. The molecule has 1 N–H and O–H groups in total. The number of carbonyl (C=O) groups is 1. The molecule has 48 heavy (non-hydrogen) atoms. The second kappa shape index (κ2) is 11.0. The monoisotopic (exact) mass is 650 g/mol. The van der Waals surface area contributed by atoms with Crippen LogP contribution in [0.2, 0.25) is 0 Å². The van der Waals surface area contributed by atoms with Crippen molar-refractivity contribution in [3.63, 3.8) is 0 Å². The number of likely N-dealkylation sites (tertiary alicyclic amines) is 1. The van der Waals surface area contributed by atoms with Crippen molar-refractivity contribution in [2.75, 3.05) is 6.54 Å². The summed E-state index contributed by atoms with van der Waals surface area (Å²) in [6.07, 6.45) is 20.1. The second-order valence-corrected chi connectivity index (χ2v) is 19.2. The topological polar surface area (TPSA) is 61.9 Å². The summed E-state index contributed by atoms with van der Waals surface area (Å²) in [6, 6.07) is 4.07. The van der Waals surface area contributed by atoms with Crippen molar-refractivity contribution >= 4 is 5.91 Å². The molecule has 6 fully saturated rings. The van der Waals surface area contributed by atoms with Crippen molar-refractivity contribution < 1.29 is 4.79 Å². The summed E-state index contributed by atoms with van der Waals surface area (Å²) >= 11 is 0. The van der Waals surface area contributed by atoms with E-state index in [2.05, 4.69) is 69.9 Å². The predicted molar refractivity (Wildman–Crippen MR) is 194 cm³/mol. The third kappa shape index (κ3) is 4.30.